The van der Waals surface area contributed by atoms with E-state index in [9.17, 15) is 0 Å². The molecule has 0 heterocycles. The second kappa shape index (κ2) is 5.44. The Hall–Kier alpha value is -0.180. The molecule has 90 valence electrons. The summed E-state index contributed by atoms with van der Waals surface area (Å²) in [5.41, 5.74) is 7.14. The van der Waals surface area contributed by atoms with Gasteiger partial charge in [0, 0.05) is 20.7 Å². The van der Waals surface area contributed by atoms with Crippen LogP contribution in [-0.2, 0) is 6.42 Å². The molecule has 0 saturated heterocycles. The summed E-state index contributed by atoms with van der Waals surface area (Å²) >= 11 is 7.88. The largest absolute Gasteiger partial charge is 0.328 e. The molecule has 0 aliphatic carbocycles. The highest BCUT2D eigenvalue weighted by molar-refractivity contribution is 8.00. The summed E-state index contributed by atoms with van der Waals surface area (Å²) in [5.74, 6) is 0. The minimum atomic E-state index is 0.181. The van der Waals surface area contributed by atoms with Crippen molar-refractivity contribution in [1.82, 2.24) is 0 Å². The molecule has 0 radical (unpaired) electrons. The number of nitrogens with two attached hydrogens (primary N) is 1. The number of rotatable bonds is 3. The van der Waals surface area contributed by atoms with E-state index in [-0.39, 0.29) is 10.8 Å². The molecule has 0 aromatic heterocycles. The van der Waals surface area contributed by atoms with Crippen LogP contribution in [0.25, 0.3) is 0 Å². The van der Waals surface area contributed by atoms with Crippen molar-refractivity contribution in [3.05, 3.63) is 28.8 Å². The maximum Gasteiger partial charge on any atom is 0.0417 e. The first-order valence-electron chi connectivity index (χ1n) is 5.51. The predicted molar refractivity (Wildman–Crippen MR) is 74.4 cm³/mol. The lowest BCUT2D eigenvalue weighted by molar-refractivity contribution is 0.727. The van der Waals surface area contributed by atoms with Crippen LogP contribution < -0.4 is 5.73 Å². The lowest BCUT2D eigenvalue weighted by Gasteiger charge is -2.20. The minimum absolute atomic E-state index is 0.181. The van der Waals surface area contributed by atoms with Gasteiger partial charge in [0.25, 0.3) is 0 Å². The third kappa shape index (κ3) is 4.77. The second-order valence-electron chi connectivity index (χ2n) is 5.15. The molecule has 1 aromatic carbocycles. The first-order valence-corrected chi connectivity index (χ1v) is 6.70. The van der Waals surface area contributed by atoms with E-state index >= 15 is 0 Å². The van der Waals surface area contributed by atoms with E-state index in [1.165, 1.54) is 10.5 Å². The average molecular weight is 258 g/mol. The quantitative estimate of drug-likeness (QED) is 0.825. The van der Waals surface area contributed by atoms with Crippen LogP contribution in [-0.4, -0.2) is 10.8 Å². The third-order valence-electron chi connectivity index (χ3n) is 1.99. The molecule has 0 aliphatic rings. The monoisotopic (exact) mass is 257 g/mol. The molecule has 0 aliphatic heterocycles. The molecule has 0 spiro atoms. The van der Waals surface area contributed by atoms with Crippen LogP contribution in [0.15, 0.2) is 23.1 Å². The Morgan fingerprint density at radius 1 is 1.38 bits per heavy atom. The van der Waals surface area contributed by atoms with Gasteiger partial charge in [0.05, 0.1) is 0 Å². The molecule has 1 rings (SSSR count). The summed E-state index contributed by atoms with van der Waals surface area (Å²) in [6, 6.07) is 6.24. The molecule has 0 saturated carbocycles. The van der Waals surface area contributed by atoms with Gasteiger partial charge in [0.2, 0.25) is 0 Å². The molecule has 1 unspecified atom stereocenters. The molecule has 1 aromatic rings. The number of benzene rings is 1. The topological polar surface area (TPSA) is 26.0 Å². The Kier molecular flexibility index (Phi) is 4.72. The molecule has 16 heavy (non-hydrogen) atoms. The summed E-state index contributed by atoms with van der Waals surface area (Å²) in [5, 5.41) is 0.792. The van der Waals surface area contributed by atoms with E-state index in [1.807, 2.05) is 30.8 Å². The van der Waals surface area contributed by atoms with E-state index in [1.54, 1.807) is 0 Å². The number of halogens is 1. The van der Waals surface area contributed by atoms with Gasteiger partial charge in [0.15, 0.2) is 0 Å². The minimum Gasteiger partial charge on any atom is -0.328 e. The zero-order valence-electron chi connectivity index (χ0n) is 10.4. The van der Waals surface area contributed by atoms with Gasteiger partial charge in [-0.25, -0.2) is 0 Å². The Bertz CT molecular complexity index is 355. The Balaban J connectivity index is 2.98. The highest BCUT2D eigenvalue weighted by Gasteiger charge is 2.15. The van der Waals surface area contributed by atoms with Crippen LogP contribution in [0, 0.1) is 0 Å². The fourth-order valence-corrected chi connectivity index (χ4v) is 2.83. The summed E-state index contributed by atoms with van der Waals surface area (Å²) in [7, 11) is 0. The lowest BCUT2D eigenvalue weighted by Crippen LogP contribution is -2.18. The van der Waals surface area contributed by atoms with E-state index in [2.05, 4.69) is 26.8 Å². The highest BCUT2D eigenvalue weighted by Crippen LogP contribution is 2.36. The van der Waals surface area contributed by atoms with Gasteiger partial charge in [0.1, 0.15) is 0 Å². The van der Waals surface area contributed by atoms with Crippen LogP contribution in [0.3, 0.4) is 0 Å². The number of hydrogen-bond donors (Lipinski definition) is 1. The molecule has 0 amide bonds. The van der Waals surface area contributed by atoms with Crippen molar-refractivity contribution in [2.75, 3.05) is 0 Å². The molecular weight excluding hydrogens is 238 g/mol. The van der Waals surface area contributed by atoms with Crippen molar-refractivity contribution in [1.29, 1.82) is 0 Å². The first kappa shape index (κ1) is 13.9. The molecule has 1 nitrogen and oxygen atoms in total. The fourth-order valence-electron chi connectivity index (χ4n) is 1.47. The second-order valence-corrected chi connectivity index (χ2v) is 7.45. The standard InChI is InChI=1S/C13H20ClNS/c1-9(15)7-10-5-6-11(14)8-12(10)16-13(2,3)4/h5-6,8-9H,7,15H2,1-4H3. The molecule has 3 heteroatoms. The third-order valence-corrected chi connectivity index (χ3v) is 3.43. The van der Waals surface area contributed by atoms with Gasteiger partial charge in [-0.15, -0.1) is 11.8 Å². The van der Waals surface area contributed by atoms with Gasteiger partial charge in [-0.2, -0.15) is 0 Å². The van der Waals surface area contributed by atoms with Crippen molar-refractivity contribution in [3.8, 4) is 0 Å². The zero-order chi connectivity index (χ0) is 12.3. The van der Waals surface area contributed by atoms with Gasteiger partial charge >= 0.3 is 0 Å². The zero-order valence-corrected chi connectivity index (χ0v) is 12.0. The molecule has 0 fully saturated rings. The Morgan fingerprint density at radius 2 is 2.00 bits per heavy atom. The van der Waals surface area contributed by atoms with Gasteiger partial charge in [-0.05, 0) is 31.0 Å². The van der Waals surface area contributed by atoms with Crippen molar-refractivity contribution >= 4 is 23.4 Å². The molecular formula is C13H20ClNS. The summed E-state index contributed by atoms with van der Waals surface area (Å²) < 4.78 is 0.192. The van der Waals surface area contributed by atoms with Crippen molar-refractivity contribution in [2.24, 2.45) is 5.73 Å². The summed E-state index contributed by atoms with van der Waals surface area (Å²) in [6.07, 6.45) is 0.898. The highest BCUT2D eigenvalue weighted by atomic mass is 35.5. The van der Waals surface area contributed by atoms with Crippen molar-refractivity contribution in [3.63, 3.8) is 0 Å². The van der Waals surface area contributed by atoms with Gasteiger partial charge in [-0.1, -0.05) is 38.4 Å². The van der Waals surface area contributed by atoms with Gasteiger partial charge < -0.3 is 5.73 Å². The number of thioether (sulfide) groups is 1. The Morgan fingerprint density at radius 3 is 2.50 bits per heavy atom. The average Bonchev–Trinajstić information content (AvgIpc) is 2.06. The van der Waals surface area contributed by atoms with Crippen molar-refractivity contribution < 1.29 is 0 Å². The van der Waals surface area contributed by atoms with E-state index in [0.29, 0.717) is 0 Å². The smallest absolute Gasteiger partial charge is 0.0417 e. The van der Waals surface area contributed by atoms with Crippen molar-refractivity contribution in [2.45, 2.75) is 49.8 Å². The fraction of sp³-hybridized carbons (Fsp3) is 0.538. The van der Waals surface area contributed by atoms with Crippen LogP contribution in [0.5, 0.6) is 0 Å². The van der Waals surface area contributed by atoms with Crippen LogP contribution in [0.4, 0.5) is 0 Å². The van der Waals surface area contributed by atoms with E-state index in [0.717, 1.165) is 11.4 Å². The van der Waals surface area contributed by atoms with Gasteiger partial charge in [-0.3, -0.25) is 0 Å². The normalized spacial score (nSPS) is 13.9. The van der Waals surface area contributed by atoms with Crippen LogP contribution in [0.2, 0.25) is 5.02 Å². The maximum atomic E-state index is 6.04. The predicted octanol–water partition coefficient (Wildman–Crippen LogP) is 4.12. The van der Waals surface area contributed by atoms with Crippen LogP contribution >= 0.6 is 23.4 Å². The van der Waals surface area contributed by atoms with E-state index < -0.39 is 0 Å². The summed E-state index contributed by atoms with van der Waals surface area (Å²) in [4.78, 5) is 1.25. The lowest BCUT2D eigenvalue weighted by atomic mass is 10.1. The van der Waals surface area contributed by atoms with E-state index in [4.69, 9.17) is 17.3 Å². The number of hydrogen-bond acceptors (Lipinski definition) is 2. The molecule has 1 atom stereocenters. The molecule has 0 bridgehead atoms. The first-order chi connectivity index (χ1) is 7.28. The summed E-state index contributed by atoms with van der Waals surface area (Å²) in [6.45, 7) is 8.64. The van der Waals surface area contributed by atoms with Crippen LogP contribution in [0.1, 0.15) is 33.3 Å². The maximum absolute atomic E-state index is 6.04. The SMILES string of the molecule is CC(N)Cc1ccc(Cl)cc1SC(C)(C)C. The Labute approximate surface area is 108 Å². The molecule has 2 N–H and O–H groups in total.